The van der Waals surface area contributed by atoms with Crippen molar-refractivity contribution in [2.45, 2.75) is 23.9 Å². The van der Waals surface area contributed by atoms with E-state index in [0.29, 0.717) is 11.3 Å². The monoisotopic (exact) mass is 364 g/mol. The lowest BCUT2D eigenvalue weighted by atomic mass is 10.2. The fourth-order valence-corrected chi connectivity index (χ4v) is 3.77. The Hall–Kier alpha value is -2.23. The number of amides is 1. The van der Waals surface area contributed by atoms with Crippen LogP contribution < -0.4 is 10.6 Å². The Labute approximate surface area is 146 Å². The van der Waals surface area contributed by atoms with E-state index < -0.39 is 10.0 Å². The van der Waals surface area contributed by atoms with Crippen molar-refractivity contribution in [3.05, 3.63) is 47.9 Å². The molecule has 0 aliphatic carbocycles. The second-order valence-electron chi connectivity index (χ2n) is 5.93. The van der Waals surface area contributed by atoms with Gasteiger partial charge in [-0.3, -0.25) is 4.79 Å². The summed E-state index contributed by atoms with van der Waals surface area (Å²) < 4.78 is 31.3. The number of hydrogen-bond donors (Lipinski definition) is 2. The molecule has 1 aromatic heterocycles. The van der Waals surface area contributed by atoms with Crippen molar-refractivity contribution >= 4 is 15.9 Å². The van der Waals surface area contributed by atoms with Crippen LogP contribution in [0.15, 0.2) is 45.9 Å². The third-order valence-electron chi connectivity index (χ3n) is 4.09. The molecule has 0 radical (unpaired) electrons. The molecule has 1 fully saturated rings. The van der Waals surface area contributed by atoms with Crippen LogP contribution in [0, 0.1) is 0 Å². The minimum atomic E-state index is -3.68. The van der Waals surface area contributed by atoms with Crippen molar-refractivity contribution in [2.75, 3.05) is 20.1 Å². The summed E-state index contributed by atoms with van der Waals surface area (Å²) in [6, 6.07) is 7.64. The summed E-state index contributed by atoms with van der Waals surface area (Å²) in [4.78, 5) is 12.3. The van der Waals surface area contributed by atoms with Crippen LogP contribution in [-0.2, 0) is 16.6 Å². The highest BCUT2D eigenvalue weighted by Crippen LogP contribution is 2.17. The molecule has 2 heterocycles. The number of nitrogens with zero attached hydrogens (tertiary/aromatic N) is 2. The molecule has 0 unspecified atom stereocenters. The zero-order valence-electron chi connectivity index (χ0n) is 13.8. The molecule has 1 atom stereocenters. The van der Waals surface area contributed by atoms with Gasteiger partial charge in [0.2, 0.25) is 10.0 Å². The van der Waals surface area contributed by atoms with Crippen LogP contribution in [0.3, 0.4) is 0 Å². The Morgan fingerprint density at radius 1 is 1.36 bits per heavy atom. The van der Waals surface area contributed by atoms with Gasteiger partial charge in [-0.05, 0) is 37.2 Å². The van der Waals surface area contributed by atoms with Crippen LogP contribution >= 0.6 is 0 Å². The van der Waals surface area contributed by atoms with Gasteiger partial charge in [-0.25, -0.2) is 8.42 Å². The normalized spacial score (nSPS) is 17.8. The van der Waals surface area contributed by atoms with Crippen LogP contribution in [0.2, 0.25) is 0 Å². The summed E-state index contributed by atoms with van der Waals surface area (Å²) in [7, 11) is -2.21. The summed E-state index contributed by atoms with van der Waals surface area (Å²) in [5.41, 5.74) is 0.434. The zero-order valence-corrected chi connectivity index (χ0v) is 14.6. The molecule has 25 heavy (non-hydrogen) atoms. The standard InChI is InChI=1S/C16H20N4O4S/c1-20(11-14-7-9-18-24-14)25(22,23)15-4-2-12(3-5-15)16(21)19-13-6-8-17-10-13/h2-5,7,9,13,17H,6,8,10-11H2,1H3,(H,19,21)/t13-/m0/s1. The maximum absolute atomic E-state index is 12.6. The maximum atomic E-state index is 12.6. The molecule has 0 saturated carbocycles. The molecule has 2 aromatic rings. The van der Waals surface area contributed by atoms with Gasteiger partial charge in [-0.15, -0.1) is 0 Å². The number of rotatable bonds is 6. The zero-order chi connectivity index (χ0) is 17.9. The Morgan fingerprint density at radius 2 is 2.12 bits per heavy atom. The first-order chi connectivity index (χ1) is 12.0. The van der Waals surface area contributed by atoms with Crippen molar-refractivity contribution in [3.63, 3.8) is 0 Å². The first kappa shape index (κ1) is 17.6. The number of benzene rings is 1. The predicted octanol–water partition coefficient (Wildman–Crippen LogP) is 0.587. The largest absolute Gasteiger partial charge is 0.360 e. The Kier molecular flexibility index (Phi) is 5.16. The molecule has 9 heteroatoms. The van der Waals surface area contributed by atoms with E-state index in [0.717, 1.165) is 19.5 Å². The molecule has 3 rings (SSSR count). The molecule has 8 nitrogen and oxygen atoms in total. The van der Waals surface area contributed by atoms with Crippen molar-refractivity contribution in [3.8, 4) is 0 Å². The molecule has 0 bridgehead atoms. The third-order valence-corrected chi connectivity index (χ3v) is 5.91. The number of carbonyl (C=O) groups is 1. The van der Waals surface area contributed by atoms with E-state index in [2.05, 4.69) is 15.8 Å². The highest BCUT2D eigenvalue weighted by atomic mass is 32.2. The Bertz CT molecular complexity index is 812. The topological polar surface area (TPSA) is 105 Å². The van der Waals surface area contributed by atoms with Gasteiger partial charge >= 0.3 is 0 Å². The molecule has 1 aliphatic rings. The number of aromatic nitrogens is 1. The van der Waals surface area contributed by atoms with E-state index in [1.165, 1.54) is 41.8 Å². The summed E-state index contributed by atoms with van der Waals surface area (Å²) in [6.07, 6.45) is 2.35. The van der Waals surface area contributed by atoms with Gasteiger partial charge in [0, 0.05) is 31.3 Å². The van der Waals surface area contributed by atoms with Gasteiger partial charge in [0.1, 0.15) is 0 Å². The van der Waals surface area contributed by atoms with Gasteiger partial charge in [-0.1, -0.05) is 5.16 Å². The van der Waals surface area contributed by atoms with E-state index in [1.54, 1.807) is 6.07 Å². The van der Waals surface area contributed by atoms with Crippen LogP contribution in [0.25, 0.3) is 0 Å². The summed E-state index contributed by atoms with van der Waals surface area (Å²) >= 11 is 0. The Balaban J connectivity index is 1.68. The van der Waals surface area contributed by atoms with Gasteiger partial charge in [0.25, 0.3) is 5.91 Å². The van der Waals surface area contributed by atoms with Gasteiger partial charge in [0.05, 0.1) is 17.6 Å². The number of nitrogens with one attached hydrogen (secondary N) is 2. The van der Waals surface area contributed by atoms with Gasteiger partial charge < -0.3 is 15.2 Å². The molecule has 1 aliphatic heterocycles. The molecular formula is C16H20N4O4S. The van der Waals surface area contributed by atoms with E-state index in [9.17, 15) is 13.2 Å². The van der Waals surface area contributed by atoms with E-state index in [1.807, 2.05) is 0 Å². The SMILES string of the molecule is CN(Cc1ccno1)S(=O)(=O)c1ccc(C(=O)N[C@H]2CCNC2)cc1. The summed E-state index contributed by atoms with van der Waals surface area (Å²) in [5, 5.41) is 9.66. The summed E-state index contributed by atoms with van der Waals surface area (Å²) in [5.74, 6) is 0.250. The van der Waals surface area contributed by atoms with Gasteiger partial charge in [-0.2, -0.15) is 4.31 Å². The fraction of sp³-hybridized carbons (Fsp3) is 0.375. The molecule has 0 spiro atoms. The lowest BCUT2D eigenvalue weighted by molar-refractivity contribution is 0.0940. The smallest absolute Gasteiger partial charge is 0.251 e. The van der Waals surface area contributed by atoms with Crippen LogP contribution in [0.4, 0.5) is 0 Å². The lowest BCUT2D eigenvalue weighted by Gasteiger charge is -2.16. The fourth-order valence-electron chi connectivity index (χ4n) is 2.63. The van der Waals surface area contributed by atoms with Crippen LogP contribution in [-0.4, -0.2) is 50.0 Å². The predicted molar refractivity (Wildman–Crippen MR) is 90.3 cm³/mol. The summed E-state index contributed by atoms with van der Waals surface area (Å²) in [6.45, 7) is 1.73. The van der Waals surface area contributed by atoms with E-state index in [4.69, 9.17) is 4.52 Å². The molecular weight excluding hydrogens is 344 g/mol. The van der Waals surface area contributed by atoms with Crippen LogP contribution in [0.1, 0.15) is 22.5 Å². The maximum Gasteiger partial charge on any atom is 0.251 e. The molecule has 1 aromatic carbocycles. The Morgan fingerprint density at radius 3 is 2.72 bits per heavy atom. The lowest BCUT2D eigenvalue weighted by Crippen LogP contribution is -2.36. The number of hydrogen-bond acceptors (Lipinski definition) is 6. The first-order valence-electron chi connectivity index (χ1n) is 7.94. The molecule has 1 saturated heterocycles. The van der Waals surface area contributed by atoms with Crippen molar-refractivity contribution in [1.29, 1.82) is 0 Å². The third kappa shape index (κ3) is 4.06. The molecule has 2 N–H and O–H groups in total. The average molecular weight is 364 g/mol. The van der Waals surface area contributed by atoms with E-state index in [-0.39, 0.29) is 23.4 Å². The van der Waals surface area contributed by atoms with E-state index >= 15 is 0 Å². The quantitative estimate of drug-likeness (QED) is 0.777. The highest BCUT2D eigenvalue weighted by molar-refractivity contribution is 7.89. The number of carbonyl (C=O) groups excluding carboxylic acids is 1. The highest BCUT2D eigenvalue weighted by Gasteiger charge is 2.23. The molecule has 1 amide bonds. The second kappa shape index (κ2) is 7.34. The van der Waals surface area contributed by atoms with Gasteiger partial charge in [0.15, 0.2) is 5.76 Å². The second-order valence-corrected chi connectivity index (χ2v) is 7.97. The minimum Gasteiger partial charge on any atom is -0.360 e. The molecule has 134 valence electrons. The van der Waals surface area contributed by atoms with Crippen molar-refractivity contribution < 1.29 is 17.7 Å². The first-order valence-corrected chi connectivity index (χ1v) is 9.38. The van der Waals surface area contributed by atoms with Crippen molar-refractivity contribution in [1.82, 2.24) is 20.1 Å². The minimum absolute atomic E-state index is 0.0826. The number of sulfonamides is 1. The average Bonchev–Trinajstić information content (AvgIpc) is 3.29. The van der Waals surface area contributed by atoms with Crippen molar-refractivity contribution in [2.24, 2.45) is 0 Å². The van der Waals surface area contributed by atoms with Crippen LogP contribution in [0.5, 0.6) is 0 Å².